The molecule has 118 valence electrons. The topological polar surface area (TPSA) is 55.3 Å². The van der Waals surface area contributed by atoms with Crippen LogP contribution in [0.3, 0.4) is 0 Å². The highest BCUT2D eigenvalue weighted by atomic mass is 35.5. The van der Waals surface area contributed by atoms with Crippen LogP contribution in [0.25, 0.3) is 0 Å². The Labute approximate surface area is 135 Å². The predicted molar refractivity (Wildman–Crippen MR) is 83.8 cm³/mol. The van der Waals surface area contributed by atoms with Gasteiger partial charge < -0.3 is 9.64 Å². The highest BCUT2D eigenvalue weighted by Gasteiger charge is 2.29. The van der Waals surface area contributed by atoms with E-state index < -0.39 is 0 Å². The molecule has 2 atom stereocenters. The Morgan fingerprint density at radius 2 is 2.09 bits per heavy atom. The van der Waals surface area contributed by atoms with Gasteiger partial charge in [0.1, 0.15) is 6.10 Å². The van der Waals surface area contributed by atoms with Crippen LogP contribution in [0, 0.1) is 5.92 Å². The summed E-state index contributed by atoms with van der Waals surface area (Å²) in [6.45, 7) is 1.44. The van der Waals surface area contributed by atoms with Crippen LogP contribution in [0.15, 0.2) is 24.5 Å². The van der Waals surface area contributed by atoms with Gasteiger partial charge in [0, 0.05) is 12.5 Å². The number of aromatic nitrogens is 2. The second kappa shape index (κ2) is 7.09. The lowest BCUT2D eigenvalue weighted by Gasteiger charge is -2.34. The molecule has 0 saturated carbocycles. The summed E-state index contributed by atoms with van der Waals surface area (Å²) < 4.78 is 5.79. The van der Waals surface area contributed by atoms with E-state index in [1.807, 2.05) is 4.90 Å². The van der Waals surface area contributed by atoms with E-state index in [0.717, 1.165) is 38.6 Å². The maximum atomic E-state index is 12.6. The van der Waals surface area contributed by atoms with Gasteiger partial charge in [0.05, 0.1) is 24.0 Å². The van der Waals surface area contributed by atoms with Gasteiger partial charge in [-0.15, -0.1) is 0 Å². The molecule has 2 unspecified atom stereocenters. The van der Waals surface area contributed by atoms with Crippen LogP contribution < -0.4 is 4.74 Å². The van der Waals surface area contributed by atoms with E-state index in [-0.39, 0.29) is 17.9 Å². The number of rotatable bonds is 3. The molecule has 1 fully saturated rings. The molecule has 0 bridgehead atoms. The monoisotopic (exact) mass is 321 g/mol. The van der Waals surface area contributed by atoms with Crippen LogP contribution >= 0.6 is 11.6 Å². The van der Waals surface area contributed by atoms with E-state index in [2.05, 4.69) is 22.1 Å². The van der Waals surface area contributed by atoms with Crippen LogP contribution in [0.4, 0.5) is 0 Å². The number of allylic oxidation sites excluding steroid dienone is 2. The zero-order chi connectivity index (χ0) is 15.4. The van der Waals surface area contributed by atoms with Crippen molar-refractivity contribution in [3.05, 3.63) is 29.6 Å². The van der Waals surface area contributed by atoms with Crippen molar-refractivity contribution in [1.82, 2.24) is 14.9 Å². The van der Waals surface area contributed by atoms with E-state index in [9.17, 15) is 4.79 Å². The summed E-state index contributed by atoms with van der Waals surface area (Å²) in [4.78, 5) is 22.6. The predicted octanol–water partition coefficient (Wildman–Crippen LogP) is 2.86. The fraction of sp³-hybridized carbons (Fsp3) is 0.562. The quantitative estimate of drug-likeness (QED) is 0.803. The second-order valence-electron chi connectivity index (χ2n) is 5.83. The van der Waals surface area contributed by atoms with Gasteiger partial charge in [0.15, 0.2) is 0 Å². The van der Waals surface area contributed by atoms with Crippen molar-refractivity contribution < 1.29 is 9.53 Å². The highest BCUT2D eigenvalue weighted by molar-refractivity contribution is 6.30. The van der Waals surface area contributed by atoms with E-state index >= 15 is 0 Å². The fourth-order valence-electron chi connectivity index (χ4n) is 3.02. The number of ether oxygens (including phenoxy) is 1. The third kappa shape index (κ3) is 3.77. The van der Waals surface area contributed by atoms with Gasteiger partial charge >= 0.3 is 6.01 Å². The van der Waals surface area contributed by atoms with E-state index in [1.54, 1.807) is 0 Å². The zero-order valence-electron chi connectivity index (χ0n) is 12.4. The van der Waals surface area contributed by atoms with Crippen LogP contribution in [0.1, 0.15) is 32.1 Å². The first kappa shape index (κ1) is 15.3. The number of carbonyl (C=O) groups is 1. The summed E-state index contributed by atoms with van der Waals surface area (Å²) in [6.07, 6.45) is 12.0. The van der Waals surface area contributed by atoms with Crippen molar-refractivity contribution in [2.24, 2.45) is 5.92 Å². The molecular weight excluding hydrogens is 302 g/mol. The van der Waals surface area contributed by atoms with Gasteiger partial charge in [-0.25, -0.2) is 9.97 Å². The Hall–Kier alpha value is -1.62. The fourth-order valence-corrected chi connectivity index (χ4v) is 3.12. The molecule has 3 rings (SSSR count). The van der Waals surface area contributed by atoms with Crippen molar-refractivity contribution in [1.29, 1.82) is 0 Å². The summed E-state index contributed by atoms with van der Waals surface area (Å²) >= 11 is 5.77. The third-order valence-electron chi connectivity index (χ3n) is 4.18. The molecule has 2 heterocycles. The number of hydrogen-bond donors (Lipinski definition) is 0. The lowest BCUT2D eigenvalue weighted by atomic mass is 9.92. The average molecular weight is 322 g/mol. The van der Waals surface area contributed by atoms with E-state index in [1.165, 1.54) is 12.4 Å². The summed E-state index contributed by atoms with van der Waals surface area (Å²) in [6, 6.07) is 0.323. The number of nitrogens with zero attached hydrogens (tertiary/aromatic N) is 3. The maximum absolute atomic E-state index is 12.6. The summed E-state index contributed by atoms with van der Waals surface area (Å²) in [5, 5.41) is 0.484. The largest absolute Gasteiger partial charge is 0.458 e. The van der Waals surface area contributed by atoms with Gasteiger partial charge in [-0.1, -0.05) is 23.8 Å². The number of halogens is 1. The van der Waals surface area contributed by atoms with Gasteiger partial charge in [-0.2, -0.15) is 0 Å². The number of likely N-dealkylation sites (tertiary alicyclic amines) is 1. The van der Waals surface area contributed by atoms with Gasteiger partial charge in [0.2, 0.25) is 5.91 Å². The number of carbonyl (C=O) groups excluding carboxylic acids is 1. The molecule has 1 aliphatic carbocycles. The minimum absolute atomic E-state index is 0.0435. The Bertz CT molecular complexity index is 547. The molecule has 1 aromatic rings. The Kier molecular flexibility index (Phi) is 4.93. The highest BCUT2D eigenvalue weighted by Crippen LogP contribution is 2.23. The zero-order valence-corrected chi connectivity index (χ0v) is 13.2. The van der Waals surface area contributed by atoms with Crippen molar-refractivity contribution in [3.8, 4) is 6.01 Å². The molecule has 6 heteroatoms. The molecule has 0 spiro atoms. The van der Waals surface area contributed by atoms with Gasteiger partial charge in [-0.3, -0.25) is 4.79 Å². The molecule has 22 heavy (non-hydrogen) atoms. The first-order valence-corrected chi connectivity index (χ1v) is 8.18. The smallest absolute Gasteiger partial charge is 0.316 e. The van der Waals surface area contributed by atoms with Crippen LogP contribution in [0.2, 0.25) is 5.02 Å². The Morgan fingerprint density at radius 1 is 1.27 bits per heavy atom. The number of amides is 1. The van der Waals surface area contributed by atoms with Crippen molar-refractivity contribution in [2.75, 3.05) is 13.1 Å². The molecule has 0 radical (unpaired) electrons. The standard InChI is InChI=1S/C16H20ClN3O2/c17-13-9-18-16(19-10-13)22-14-7-4-8-20(11-14)15(21)12-5-2-1-3-6-12/h1-2,9-10,12,14H,3-8,11H2. The Balaban J connectivity index is 1.57. The van der Waals surface area contributed by atoms with E-state index in [4.69, 9.17) is 16.3 Å². The lowest BCUT2D eigenvalue weighted by molar-refractivity contribution is -0.138. The third-order valence-corrected chi connectivity index (χ3v) is 4.37. The first-order chi connectivity index (χ1) is 10.7. The number of hydrogen-bond acceptors (Lipinski definition) is 4. The SMILES string of the molecule is O=C(C1CC=CCC1)N1CCCC(Oc2ncc(Cl)cn2)C1. The summed E-state index contributed by atoms with van der Waals surface area (Å²) in [7, 11) is 0. The molecule has 0 N–H and O–H groups in total. The summed E-state index contributed by atoms with van der Waals surface area (Å²) in [5.41, 5.74) is 0. The molecule has 1 aliphatic heterocycles. The summed E-state index contributed by atoms with van der Waals surface area (Å²) in [5.74, 6) is 0.394. The molecule has 2 aliphatic rings. The van der Waals surface area contributed by atoms with Crippen molar-refractivity contribution in [2.45, 2.75) is 38.2 Å². The second-order valence-corrected chi connectivity index (χ2v) is 6.27. The maximum Gasteiger partial charge on any atom is 0.316 e. The number of piperidine rings is 1. The lowest BCUT2D eigenvalue weighted by Crippen LogP contribution is -2.46. The molecule has 5 nitrogen and oxygen atoms in total. The molecular formula is C16H20ClN3O2. The molecule has 1 saturated heterocycles. The molecule has 1 aromatic heterocycles. The van der Waals surface area contributed by atoms with E-state index in [0.29, 0.717) is 17.6 Å². The normalized spacial score (nSPS) is 25.0. The van der Waals surface area contributed by atoms with Crippen molar-refractivity contribution >= 4 is 17.5 Å². The van der Waals surface area contributed by atoms with Gasteiger partial charge in [0.25, 0.3) is 0 Å². The minimum atomic E-state index is -0.0435. The van der Waals surface area contributed by atoms with Crippen LogP contribution in [-0.4, -0.2) is 40.0 Å². The van der Waals surface area contributed by atoms with Crippen LogP contribution in [-0.2, 0) is 4.79 Å². The first-order valence-electron chi connectivity index (χ1n) is 7.80. The minimum Gasteiger partial charge on any atom is -0.458 e. The Morgan fingerprint density at radius 3 is 2.82 bits per heavy atom. The van der Waals surface area contributed by atoms with Gasteiger partial charge in [-0.05, 0) is 32.1 Å². The van der Waals surface area contributed by atoms with Crippen molar-refractivity contribution in [3.63, 3.8) is 0 Å². The molecule has 1 amide bonds. The average Bonchev–Trinajstić information content (AvgIpc) is 2.57. The van der Waals surface area contributed by atoms with Crippen LogP contribution in [0.5, 0.6) is 6.01 Å². The molecule has 0 aromatic carbocycles.